The van der Waals surface area contributed by atoms with Gasteiger partial charge < -0.3 is 9.88 Å². The van der Waals surface area contributed by atoms with E-state index in [9.17, 15) is 14.4 Å². The largest absolute Gasteiger partial charge is 0.349 e. The predicted molar refractivity (Wildman–Crippen MR) is 112 cm³/mol. The van der Waals surface area contributed by atoms with Gasteiger partial charge in [-0.3, -0.25) is 19.3 Å². The van der Waals surface area contributed by atoms with E-state index in [4.69, 9.17) is 0 Å². The molecule has 6 nitrogen and oxygen atoms in total. The summed E-state index contributed by atoms with van der Waals surface area (Å²) < 4.78 is 2.14. The third-order valence-electron chi connectivity index (χ3n) is 4.69. The lowest BCUT2D eigenvalue weighted by atomic mass is 10.2. The molecule has 2 heterocycles. The van der Waals surface area contributed by atoms with Crippen LogP contribution in [0.2, 0.25) is 0 Å². The number of hydrogen-bond acceptors (Lipinski definition) is 4. The van der Waals surface area contributed by atoms with Gasteiger partial charge in [-0.25, -0.2) is 0 Å². The number of carbonyl (C=O) groups is 3. The number of thioether (sulfide) groups is 1. The van der Waals surface area contributed by atoms with Crippen LogP contribution in [0.3, 0.4) is 0 Å². The van der Waals surface area contributed by atoms with Crippen LogP contribution >= 0.6 is 11.8 Å². The minimum atomic E-state index is -0.435. The highest BCUT2D eigenvalue weighted by Gasteiger charge is 2.36. The third kappa shape index (κ3) is 4.04. The van der Waals surface area contributed by atoms with Crippen LogP contribution in [0.15, 0.2) is 35.2 Å². The molecule has 0 unspecified atom stereocenters. The molecule has 1 aliphatic heterocycles. The lowest BCUT2D eigenvalue weighted by Crippen LogP contribution is -2.36. The first-order chi connectivity index (χ1) is 13.3. The van der Waals surface area contributed by atoms with Crippen molar-refractivity contribution in [1.29, 1.82) is 0 Å². The summed E-state index contributed by atoms with van der Waals surface area (Å²) in [4.78, 5) is 38.6. The fourth-order valence-electron chi connectivity index (χ4n) is 3.30. The van der Waals surface area contributed by atoms with Crippen LogP contribution in [0.25, 0.3) is 6.08 Å². The summed E-state index contributed by atoms with van der Waals surface area (Å²) in [5.41, 5.74) is 4.71. The van der Waals surface area contributed by atoms with Gasteiger partial charge in [-0.1, -0.05) is 12.1 Å². The van der Waals surface area contributed by atoms with E-state index >= 15 is 0 Å². The molecule has 0 aliphatic carbocycles. The van der Waals surface area contributed by atoms with E-state index in [0.29, 0.717) is 10.6 Å². The van der Waals surface area contributed by atoms with Crippen molar-refractivity contribution in [1.82, 2.24) is 9.47 Å². The van der Waals surface area contributed by atoms with Crippen LogP contribution in [0.5, 0.6) is 0 Å². The number of benzene rings is 1. The number of carbonyl (C=O) groups excluding carboxylic acids is 3. The molecule has 1 aromatic carbocycles. The summed E-state index contributed by atoms with van der Waals surface area (Å²) in [5, 5.41) is 2.30. The van der Waals surface area contributed by atoms with Gasteiger partial charge in [-0.05, 0) is 74.9 Å². The molecule has 1 aromatic heterocycles. The van der Waals surface area contributed by atoms with Gasteiger partial charge in [0.05, 0.1) is 4.91 Å². The number of nitrogens with zero attached hydrogens (tertiary/aromatic N) is 2. The average molecular weight is 398 g/mol. The molecular weight excluding hydrogens is 374 g/mol. The molecule has 146 valence electrons. The molecule has 1 fully saturated rings. The van der Waals surface area contributed by atoms with E-state index < -0.39 is 17.1 Å². The normalized spacial score (nSPS) is 15.6. The Morgan fingerprint density at radius 3 is 2.57 bits per heavy atom. The van der Waals surface area contributed by atoms with Crippen molar-refractivity contribution in [2.24, 2.45) is 0 Å². The van der Waals surface area contributed by atoms with Gasteiger partial charge in [-0.15, -0.1) is 0 Å². The Morgan fingerprint density at radius 1 is 1.18 bits per heavy atom. The minimum absolute atomic E-state index is 0.302. The second-order valence-corrected chi connectivity index (χ2v) is 7.75. The molecule has 0 spiro atoms. The Labute approximate surface area is 168 Å². The van der Waals surface area contributed by atoms with Crippen LogP contribution < -0.4 is 5.32 Å². The Bertz CT molecular complexity index is 991. The topological polar surface area (TPSA) is 71.4 Å². The fraction of sp³-hybridized carbons (Fsp3) is 0.286. The summed E-state index contributed by atoms with van der Waals surface area (Å²) in [6.07, 6.45) is 1.73. The highest BCUT2D eigenvalue weighted by Crippen LogP contribution is 2.33. The van der Waals surface area contributed by atoms with Gasteiger partial charge in [0.1, 0.15) is 6.54 Å². The SMILES string of the molecule is CCn1c(C)cc(/C=C2\SC(=O)N(CC(=O)Nc3cccc(C)c3)C2=O)c1C. The van der Waals surface area contributed by atoms with E-state index in [0.717, 1.165) is 45.7 Å². The summed E-state index contributed by atoms with van der Waals surface area (Å²) in [6.45, 7) is 8.52. The van der Waals surface area contributed by atoms with E-state index in [1.807, 2.05) is 45.0 Å². The monoisotopic (exact) mass is 397 g/mol. The van der Waals surface area contributed by atoms with Crippen molar-refractivity contribution in [3.05, 3.63) is 57.8 Å². The molecular formula is C21H23N3O3S. The zero-order valence-corrected chi connectivity index (χ0v) is 17.2. The predicted octanol–water partition coefficient (Wildman–Crippen LogP) is 4.11. The van der Waals surface area contributed by atoms with Crippen LogP contribution in [0, 0.1) is 20.8 Å². The molecule has 0 radical (unpaired) electrons. The molecule has 0 atom stereocenters. The number of rotatable bonds is 5. The first kappa shape index (κ1) is 19.9. The zero-order chi connectivity index (χ0) is 20.4. The minimum Gasteiger partial charge on any atom is -0.349 e. The second-order valence-electron chi connectivity index (χ2n) is 6.76. The van der Waals surface area contributed by atoms with Gasteiger partial charge in [-0.2, -0.15) is 0 Å². The molecule has 2 aromatic rings. The second kappa shape index (κ2) is 8.06. The van der Waals surface area contributed by atoms with Gasteiger partial charge in [0.2, 0.25) is 5.91 Å². The molecule has 3 rings (SSSR count). The van der Waals surface area contributed by atoms with Crippen molar-refractivity contribution in [2.45, 2.75) is 34.2 Å². The van der Waals surface area contributed by atoms with Crippen molar-refractivity contribution < 1.29 is 14.4 Å². The lowest BCUT2D eigenvalue weighted by Gasteiger charge is -2.12. The standard InChI is InChI=1S/C21H23N3O3S/c1-5-23-14(3)10-16(15(23)4)11-18-20(26)24(21(27)28-18)12-19(25)22-17-8-6-7-13(2)9-17/h6-11H,5,12H2,1-4H3,(H,22,25)/b18-11-. The van der Waals surface area contributed by atoms with Crippen LogP contribution in [0.4, 0.5) is 10.5 Å². The molecule has 28 heavy (non-hydrogen) atoms. The summed E-state index contributed by atoms with van der Waals surface area (Å²) >= 11 is 0.868. The Hall–Kier alpha value is -2.80. The molecule has 1 N–H and O–H groups in total. The maximum Gasteiger partial charge on any atom is 0.294 e. The molecule has 7 heteroatoms. The first-order valence-corrected chi connectivity index (χ1v) is 9.90. The van der Waals surface area contributed by atoms with Crippen molar-refractivity contribution in [3.8, 4) is 0 Å². The Kier molecular flexibility index (Phi) is 5.74. The van der Waals surface area contributed by atoms with Gasteiger partial charge in [0, 0.05) is 23.6 Å². The number of hydrogen-bond donors (Lipinski definition) is 1. The van der Waals surface area contributed by atoms with E-state index in [-0.39, 0.29) is 6.54 Å². The van der Waals surface area contributed by atoms with Crippen LogP contribution in [-0.2, 0) is 16.1 Å². The Morgan fingerprint density at radius 2 is 1.93 bits per heavy atom. The molecule has 0 bridgehead atoms. The number of aryl methyl sites for hydroxylation is 2. The first-order valence-electron chi connectivity index (χ1n) is 9.08. The fourth-order valence-corrected chi connectivity index (χ4v) is 4.13. The van der Waals surface area contributed by atoms with Gasteiger partial charge in [0.25, 0.3) is 11.1 Å². The van der Waals surface area contributed by atoms with Crippen molar-refractivity contribution >= 4 is 40.6 Å². The lowest BCUT2D eigenvalue weighted by molar-refractivity contribution is -0.127. The average Bonchev–Trinajstić information content (AvgIpc) is 3.04. The molecule has 0 saturated carbocycles. The summed E-state index contributed by atoms with van der Waals surface area (Å²) in [5.74, 6) is -0.839. The molecule has 3 amide bonds. The van der Waals surface area contributed by atoms with Crippen LogP contribution in [-0.4, -0.2) is 33.1 Å². The highest BCUT2D eigenvalue weighted by molar-refractivity contribution is 8.18. The van der Waals surface area contributed by atoms with E-state index in [1.165, 1.54) is 0 Å². The molecule has 1 aliphatic rings. The number of imide groups is 1. The van der Waals surface area contributed by atoms with E-state index in [1.54, 1.807) is 12.1 Å². The highest BCUT2D eigenvalue weighted by atomic mass is 32.2. The van der Waals surface area contributed by atoms with Gasteiger partial charge >= 0.3 is 0 Å². The molecule has 1 saturated heterocycles. The van der Waals surface area contributed by atoms with Crippen LogP contribution in [0.1, 0.15) is 29.4 Å². The number of aromatic nitrogens is 1. The zero-order valence-electron chi connectivity index (χ0n) is 16.4. The Balaban J connectivity index is 1.74. The summed E-state index contributed by atoms with van der Waals surface area (Å²) in [6, 6.07) is 9.35. The maximum atomic E-state index is 12.7. The number of nitrogens with one attached hydrogen (secondary N) is 1. The van der Waals surface area contributed by atoms with E-state index in [2.05, 4.69) is 16.8 Å². The van der Waals surface area contributed by atoms with Gasteiger partial charge in [0.15, 0.2) is 0 Å². The van der Waals surface area contributed by atoms with Crippen molar-refractivity contribution in [3.63, 3.8) is 0 Å². The summed E-state index contributed by atoms with van der Waals surface area (Å²) in [7, 11) is 0. The quantitative estimate of drug-likeness (QED) is 0.771. The van der Waals surface area contributed by atoms with Crippen molar-refractivity contribution in [2.75, 3.05) is 11.9 Å². The maximum absolute atomic E-state index is 12.7. The number of amides is 3. The smallest absolute Gasteiger partial charge is 0.294 e. The third-order valence-corrected chi connectivity index (χ3v) is 5.60. The number of anilines is 1.